The molecule has 1 aromatic carbocycles. The average molecular weight is 237 g/mol. The number of hydrogen-bond acceptors (Lipinski definition) is 4. The van der Waals surface area contributed by atoms with E-state index in [1.807, 2.05) is 6.07 Å². The lowest BCUT2D eigenvalue weighted by atomic mass is 9.98. The van der Waals surface area contributed by atoms with Crippen molar-refractivity contribution >= 4 is 11.9 Å². The Bertz CT molecular complexity index is 404. The zero-order chi connectivity index (χ0) is 12.9. The highest BCUT2D eigenvalue weighted by molar-refractivity contribution is 6.03. The van der Waals surface area contributed by atoms with E-state index in [1.54, 1.807) is 24.3 Å². The summed E-state index contributed by atoms with van der Waals surface area (Å²) in [5.74, 6) is -2.30. The van der Waals surface area contributed by atoms with Crippen LogP contribution < -0.4 is 5.73 Å². The number of carboxylic acid groups (broad SMARTS) is 1. The molecule has 1 atom stereocenters. The van der Waals surface area contributed by atoms with E-state index in [4.69, 9.17) is 15.6 Å². The maximum atomic E-state index is 11.6. The highest BCUT2D eigenvalue weighted by Gasteiger charge is 2.42. The van der Waals surface area contributed by atoms with Gasteiger partial charge in [0.05, 0.1) is 0 Å². The van der Waals surface area contributed by atoms with Gasteiger partial charge in [0, 0.05) is 0 Å². The van der Waals surface area contributed by atoms with Crippen LogP contribution in [-0.2, 0) is 20.9 Å². The van der Waals surface area contributed by atoms with Crippen LogP contribution in [0.3, 0.4) is 0 Å². The summed E-state index contributed by atoms with van der Waals surface area (Å²) in [5.41, 5.74) is 4.29. The minimum absolute atomic E-state index is 0.0179. The van der Waals surface area contributed by atoms with Gasteiger partial charge in [0.15, 0.2) is 0 Å². The first-order valence-electron chi connectivity index (χ1n) is 5.24. The van der Waals surface area contributed by atoms with Crippen molar-refractivity contribution in [1.82, 2.24) is 0 Å². The van der Waals surface area contributed by atoms with E-state index >= 15 is 0 Å². The van der Waals surface area contributed by atoms with E-state index in [0.29, 0.717) is 0 Å². The van der Waals surface area contributed by atoms with Gasteiger partial charge in [-0.25, -0.2) is 9.59 Å². The maximum absolute atomic E-state index is 11.6. The van der Waals surface area contributed by atoms with Gasteiger partial charge in [-0.15, -0.1) is 0 Å². The quantitative estimate of drug-likeness (QED) is 0.587. The van der Waals surface area contributed by atoms with Crippen LogP contribution >= 0.6 is 0 Å². The number of benzene rings is 1. The van der Waals surface area contributed by atoms with Crippen molar-refractivity contribution in [1.29, 1.82) is 0 Å². The fourth-order valence-electron chi connectivity index (χ4n) is 1.23. The number of nitrogens with two attached hydrogens (primary N) is 1. The molecule has 1 rings (SSSR count). The largest absolute Gasteiger partial charge is 0.479 e. The zero-order valence-electron chi connectivity index (χ0n) is 9.55. The molecule has 5 heteroatoms. The second-order valence-corrected chi connectivity index (χ2v) is 3.69. The van der Waals surface area contributed by atoms with Crippen LogP contribution in [0, 0.1) is 0 Å². The molecule has 3 N–H and O–H groups in total. The summed E-state index contributed by atoms with van der Waals surface area (Å²) in [6, 6.07) is 8.99. The summed E-state index contributed by atoms with van der Waals surface area (Å²) in [5, 5.41) is 8.87. The minimum atomic E-state index is -1.96. The molecule has 1 aromatic rings. The number of hydrogen-bond donors (Lipinski definition) is 2. The Balaban J connectivity index is 2.64. The van der Waals surface area contributed by atoms with Crippen LogP contribution in [0.5, 0.6) is 0 Å². The molecule has 0 radical (unpaired) electrons. The van der Waals surface area contributed by atoms with E-state index in [-0.39, 0.29) is 13.0 Å². The van der Waals surface area contributed by atoms with E-state index in [0.717, 1.165) is 5.56 Å². The summed E-state index contributed by atoms with van der Waals surface area (Å²) in [7, 11) is 0. The SMILES string of the molecule is CC[C@](N)(C(=O)O)C(=O)OCc1ccccc1. The summed E-state index contributed by atoms with van der Waals surface area (Å²) in [6.07, 6.45) is -0.0179. The van der Waals surface area contributed by atoms with Crippen LogP contribution in [0.1, 0.15) is 18.9 Å². The maximum Gasteiger partial charge on any atom is 0.338 e. The van der Waals surface area contributed by atoms with Crippen molar-refractivity contribution in [2.45, 2.75) is 25.5 Å². The number of esters is 1. The molecular weight excluding hydrogens is 222 g/mol. The second kappa shape index (κ2) is 5.45. The van der Waals surface area contributed by atoms with Crippen molar-refractivity contribution in [3.8, 4) is 0 Å². The molecule has 0 fully saturated rings. The van der Waals surface area contributed by atoms with Crippen LogP contribution in [0.25, 0.3) is 0 Å². The van der Waals surface area contributed by atoms with Crippen molar-refractivity contribution in [3.05, 3.63) is 35.9 Å². The standard InChI is InChI=1S/C12H15NO4/c1-2-12(13,10(14)15)11(16)17-8-9-6-4-3-5-7-9/h3-7H,2,8,13H2,1H3,(H,14,15)/t12-/m0/s1. The normalized spacial score (nSPS) is 13.8. The van der Waals surface area contributed by atoms with Crippen LogP contribution in [0.4, 0.5) is 0 Å². The van der Waals surface area contributed by atoms with E-state index in [9.17, 15) is 9.59 Å². The summed E-state index contributed by atoms with van der Waals surface area (Å²) >= 11 is 0. The molecule has 0 bridgehead atoms. The molecule has 5 nitrogen and oxygen atoms in total. The van der Waals surface area contributed by atoms with Gasteiger partial charge in [0.1, 0.15) is 6.61 Å². The predicted octanol–water partition coefficient (Wildman–Crippen LogP) is 0.922. The molecule has 0 saturated carbocycles. The van der Waals surface area contributed by atoms with Gasteiger partial charge >= 0.3 is 11.9 Å². The molecule has 17 heavy (non-hydrogen) atoms. The molecule has 0 aromatic heterocycles. The molecule has 0 unspecified atom stereocenters. The Hall–Kier alpha value is -1.88. The number of ether oxygens (including phenoxy) is 1. The summed E-state index contributed by atoms with van der Waals surface area (Å²) < 4.78 is 4.90. The Kier molecular flexibility index (Phi) is 4.23. The monoisotopic (exact) mass is 237 g/mol. The molecule has 0 aliphatic rings. The molecule has 0 spiro atoms. The third kappa shape index (κ3) is 3.04. The van der Waals surface area contributed by atoms with Gasteiger partial charge in [-0.3, -0.25) is 0 Å². The summed E-state index contributed by atoms with van der Waals surface area (Å²) in [6.45, 7) is 1.55. The summed E-state index contributed by atoms with van der Waals surface area (Å²) in [4.78, 5) is 22.5. The van der Waals surface area contributed by atoms with Gasteiger partial charge in [0.2, 0.25) is 5.54 Å². The Morgan fingerprint density at radius 3 is 2.41 bits per heavy atom. The third-order valence-corrected chi connectivity index (χ3v) is 2.52. The van der Waals surface area contributed by atoms with Gasteiger partial charge in [-0.1, -0.05) is 37.3 Å². The van der Waals surface area contributed by atoms with E-state index in [1.165, 1.54) is 6.92 Å². The number of aliphatic carboxylic acids is 1. The van der Waals surface area contributed by atoms with Crippen LogP contribution in [0.15, 0.2) is 30.3 Å². The van der Waals surface area contributed by atoms with Crippen molar-refractivity contribution < 1.29 is 19.4 Å². The Morgan fingerprint density at radius 1 is 1.35 bits per heavy atom. The highest BCUT2D eigenvalue weighted by atomic mass is 16.5. The van der Waals surface area contributed by atoms with E-state index < -0.39 is 17.5 Å². The zero-order valence-corrected chi connectivity index (χ0v) is 9.55. The number of rotatable bonds is 5. The van der Waals surface area contributed by atoms with Crippen LogP contribution in [0.2, 0.25) is 0 Å². The Morgan fingerprint density at radius 2 is 1.94 bits per heavy atom. The smallest absolute Gasteiger partial charge is 0.338 e. The third-order valence-electron chi connectivity index (χ3n) is 2.52. The van der Waals surface area contributed by atoms with Gasteiger partial charge in [-0.2, -0.15) is 0 Å². The fraction of sp³-hybridized carbons (Fsp3) is 0.333. The van der Waals surface area contributed by atoms with Crippen molar-refractivity contribution in [2.75, 3.05) is 0 Å². The van der Waals surface area contributed by atoms with Gasteiger partial charge in [-0.05, 0) is 12.0 Å². The fourth-order valence-corrected chi connectivity index (χ4v) is 1.23. The topological polar surface area (TPSA) is 89.6 Å². The first-order valence-corrected chi connectivity index (χ1v) is 5.24. The molecular formula is C12H15NO4. The van der Waals surface area contributed by atoms with Crippen molar-refractivity contribution in [2.24, 2.45) is 5.73 Å². The molecule has 0 aliphatic carbocycles. The number of carbonyl (C=O) groups is 2. The lowest BCUT2D eigenvalue weighted by molar-refractivity contribution is -0.162. The first-order chi connectivity index (χ1) is 8.00. The lowest BCUT2D eigenvalue weighted by Crippen LogP contribution is -2.55. The highest BCUT2D eigenvalue weighted by Crippen LogP contribution is 2.11. The number of carbonyl (C=O) groups excluding carboxylic acids is 1. The molecule has 0 aliphatic heterocycles. The molecule has 92 valence electrons. The predicted molar refractivity (Wildman–Crippen MR) is 61.1 cm³/mol. The van der Waals surface area contributed by atoms with Crippen molar-refractivity contribution in [3.63, 3.8) is 0 Å². The molecule has 0 heterocycles. The second-order valence-electron chi connectivity index (χ2n) is 3.69. The first kappa shape index (κ1) is 13.2. The van der Waals surface area contributed by atoms with E-state index in [2.05, 4.69) is 0 Å². The molecule has 0 amide bonds. The number of carboxylic acids is 1. The minimum Gasteiger partial charge on any atom is -0.479 e. The lowest BCUT2D eigenvalue weighted by Gasteiger charge is -2.20. The molecule has 0 saturated heterocycles. The van der Waals surface area contributed by atoms with Gasteiger partial charge in [0.25, 0.3) is 0 Å². The Labute approximate surface area is 99.2 Å². The van der Waals surface area contributed by atoms with Gasteiger partial charge < -0.3 is 15.6 Å². The average Bonchev–Trinajstić information content (AvgIpc) is 2.35. The van der Waals surface area contributed by atoms with Crippen LogP contribution in [-0.4, -0.2) is 22.6 Å².